The van der Waals surface area contributed by atoms with E-state index in [1.54, 1.807) is 26.0 Å². The number of aromatic nitrogens is 2. The molecule has 0 fully saturated rings. The molecule has 0 saturated carbocycles. The summed E-state index contributed by atoms with van der Waals surface area (Å²) < 4.78 is 23.3. The molecule has 5 aromatic rings. The number of ether oxygens (including phenoxy) is 1. The zero-order valence-corrected chi connectivity index (χ0v) is 22.8. The normalized spacial score (nSPS) is 15.3. The summed E-state index contributed by atoms with van der Waals surface area (Å²) in [5.74, 6) is -0.947. The number of allylic oxidation sites excluding steroid dienone is 1. The van der Waals surface area contributed by atoms with Gasteiger partial charge in [-0.05, 0) is 49.2 Å². The minimum atomic E-state index is -0.780. The Morgan fingerprint density at radius 3 is 2.52 bits per heavy atom. The minimum Gasteiger partial charge on any atom is -0.463 e. The lowest BCUT2D eigenvalue weighted by Gasteiger charge is -2.24. The Morgan fingerprint density at radius 2 is 1.77 bits per heavy atom. The Hall–Kier alpha value is -4.56. The van der Waals surface area contributed by atoms with Crippen LogP contribution in [0.15, 0.2) is 106 Å². The number of thiazole rings is 1. The molecule has 1 aliphatic rings. The van der Waals surface area contributed by atoms with Crippen LogP contribution in [0, 0.1) is 5.82 Å². The lowest BCUT2D eigenvalue weighted by Crippen LogP contribution is -2.39. The number of hydrogen-bond donors (Lipinski definition) is 0. The van der Waals surface area contributed by atoms with Crippen molar-refractivity contribution in [3.63, 3.8) is 0 Å². The lowest BCUT2D eigenvalue weighted by molar-refractivity contribution is -0.139. The predicted molar refractivity (Wildman–Crippen MR) is 154 cm³/mol. The van der Waals surface area contributed by atoms with E-state index in [9.17, 15) is 14.0 Å². The summed E-state index contributed by atoms with van der Waals surface area (Å²) in [6.07, 6.45) is 3.95. The van der Waals surface area contributed by atoms with E-state index in [1.807, 2.05) is 42.5 Å². The van der Waals surface area contributed by atoms with Crippen LogP contribution in [-0.4, -0.2) is 21.7 Å². The second kappa shape index (κ2) is 10.5. The third-order valence-electron chi connectivity index (χ3n) is 7.00. The van der Waals surface area contributed by atoms with Gasteiger partial charge in [-0.15, -0.1) is 0 Å². The molecule has 2 aromatic heterocycles. The Labute approximate surface area is 233 Å². The fourth-order valence-electron chi connectivity index (χ4n) is 5.19. The quantitative estimate of drug-likeness (QED) is 0.281. The van der Waals surface area contributed by atoms with Gasteiger partial charge in [0.1, 0.15) is 5.82 Å². The predicted octanol–water partition coefficient (Wildman–Crippen LogP) is 4.94. The van der Waals surface area contributed by atoms with E-state index in [0.29, 0.717) is 27.1 Å². The van der Waals surface area contributed by atoms with Gasteiger partial charge in [0.05, 0.1) is 28.5 Å². The maximum absolute atomic E-state index is 14.0. The summed E-state index contributed by atoms with van der Waals surface area (Å²) in [7, 11) is 0. The molecule has 0 unspecified atom stereocenters. The molecule has 40 heavy (non-hydrogen) atoms. The first kappa shape index (κ1) is 25.7. The molecular weight excluding hydrogens is 525 g/mol. The lowest BCUT2D eigenvalue weighted by atomic mass is 9.96. The molecule has 0 aliphatic carbocycles. The molecule has 8 heteroatoms. The van der Waals surface area contributed by atoms with Crippen LogP contribution in [0.3, 0.4) is 0 Å². The van der Waals surface area contributed by atoms with Crippen molar-refractivity contribution >= 4 is 34.3 Å². The van der Waals surface area contributed by atoms with Crippen molar-refractivity contribution in [2.24, 2.45) is 4.99 Å². The Kier molecular flexibility index (Phi) is 6.77. The van der Waals surface area contributed by atoms with Crippen molar-refractivity contribution < 1.29 is 13.9 Å². The third-order valence-corrected chi connectivity index (χ3v) is 7.99. The van der Waals surface area contributed by atoms with E-state index >= 15 is 0 Å². The fourth-order valence-corrected chi connectivity index (χ4v) is 6.23. The molecule has 6 nitrogen and oxygen atoms in total. The number of halogens is 1. The second-order valence-electron chi connectivity index (χ2n) is 9.57. The average molecular weight is 552 g/mol. The van der Waals surface area contributed by atoms with Crippen LogP contribution >= 0.6 is 11.3 Å². The Balaban J connectivity index is 1.52. The number of carbonyl (C=O) groups is 1. The summed E-state index contributed by atoms with van der Waals surface area (Å²) in [6.45, 7) is 4.34. The molecule has 3 aromatic carbocycles. The topological polar surface area (TPSA) is 65.6 Å². The van der Waals surface area contributed by atoms with Crippen LogP contribution in [0.1, 0.15) is 36.6 Å². The van der Waals surface area contributed by atoms with Crippen LogP contribution in [0.2, 0.25) is 0 Å². The van der Waals surface area contributed by atoms with Gasteiger partial charge in [0.25, 0.3) is 5.56 Å². The highest BCUT2D eigenvalue weighted by atomic mass is 32.1. The van der Waals surface area contributed by atoms with E-state index in [1.165, 1.54) is 33.6 Å². The molecule has 0 spiro atoms. The molecular formula is C32H26FN3O3S. The molecule has 6 rings (SSSR count). The smallest absolute Gasteiger partial charge is 0.338 e. The Bertz CT molecular complexity index is 1950. The van der Waals surface area contributed by atoms with Gasteiger partial charge in [0, 0.05) is 29.2 Å². The molecule has 3 heterocycles. The van der Waals surface area contributed by atoms with Crippen molar-refractivity contribution in [2.45, 2.75) is 26.4 Å². The number of esters is 1. The number of para-hydroxylation sites is 1. The molecule has 0 amide bonds. The zero-order valence-electron chi connectivity index (χ0n) is 22.0. The molecule has 0 radical (unpaired) electrons. The molecule has 1 atom stereocenters. The maximum Gasteiger partial charge on any atom is 0.338 e. The molecule has 0 saturated heterocycles. The van der Waals surface area contributed by atoms with Crippen molar-refractivity contribution in [3.05, 3.63) is 139 Å². The molecule has 0 N–H and O–H groups in total. The minimum absolute atomic E-state index is 0.184. The van der Waals surface area contributed by atoms with Gasteiger partial charge in [-0.3, -0.25) is 9.36 Å². The second-order valence-corrected chi connectivity index (χ2v) is 10.6. The standard InChI is InChI=1S/C32H26FN3O3S/c1-3-39-31(38)28-20(2)34-32-36(29(28)22-13-15-24(33)16-14-22)30(37)27(40-32)17-23-19-35(18-21-9-5-4-6-10-21)26-12-8-7-11-25(23)26/h4-17,19,29H,3,18H2,1-2H3/b27-17+/t29-/m0/s1. The van der Waals surface area contributed by atoms with Gasteiger partial charge in [0.2, 0.25) is 0 Å². The number of rotatable bonds is 6. The summed E-state index contributed by atoms with van der Waals surface area (Å²) in [4.78, 5) is 32.1. The van der Waals surface area contributed by atoms with Gasteiger partial charge in [-0.1, -0.05) is 72.0 Å². The van der Waals surface area contributed by atoms with E-state index in [2.05, 4.69) is 34.0 Å². The van der Waals surface area contributed by atoms with E-state index in [4.69, 9.17) is 4.74 Å². The van der Waals surface area contributed by atoms with E-state index < -0.39 is 17.8 Å². The monoisotopic (exact) mass is 551 g/mol. The van der Waals surface area contributed by atoms with Gasteiger partial charge >= 0.3 is 5.97 Å². The van der Waals surface area contributed by atoms with Gasteiger partial charge in [0.15, 0.2) is 4.80 Å². The fraction of sp³-hybridized carbons (Fsp3) is 0.156. The number of hydrogen-bond acceptors (Lipinski definition) is 5. The maximum atomic E-state index is 14.0. The first-order valence-corrected chi connectivity index (χ1v) is 13.8. The summed E-state index contributed by atoms with van der Waals surface area (Å²) in [5, 5.41) is 1.03. The number of benzene rings is 3. The van der Waals surface area contributed by atoms with Crippen molar-refractivity contribution in [1.82, 2.24) is 9.13 Å². The summed E-state index contributed by atoms with van der Waals surface area (Å²) >= 11 is 1.27. The highest BCUT2D eigenvalue weighted by Gasteiger charge is 2.33. The number of carbonyl (C=O) groups excluding carboxylic acids is 1. The first-order valence-electron chi connectivity index (χ1n) is 13.0. The molecule has 1 aliphatic heterocycles. The van der Waals surface area contributed by atoms with Crippen molar-refractivity contribution in [3.8, 4) is 0 Å². The van der Waals surface area contributed by atoms with Gasteiger partial charge < -0.3 is 9.30 Å². The molecule has 200 valence electrons. The molecule has 0 bridgehead atoms. The highest BCUT2D eigenvalue weighted by Crippen LogP contribution is 2.31. The van der Waals surface area contributed by atoms with Crippen molar-refractivity contribution in [1.29, 1.82) is 0 Å². The zero-order chi connectivity index (χ0) is 27.8. The Morgan fingerprint density at radius 1 is 1.05 bits per heavy atom. The van der Waals surface area contributed by atoms with Crippen molar-refractivity contribution in [2.75, 3.05) is 6.61 Å². The number of fused-ring (bicyclic) bond motifs is 2. The summed E-state index contributed by atoms with van der Waals surface area (Å²) in [6, 6.07) is 23.4. The summed E-state index contributed by atoms with van der Waals surface area (Å²) in [5.41, 5.74) is 4.23. The van der Waals surface area contributed by atoms with Crippen LogP contribution in [0.5, 0.6) is 0 Å². The van der Waals surface area contributed by atoms with Crippen LogP contribution in [0.4, 0.5) is 4.39 Å². The SMILES string of the molecule is CCOC(=O)C1=C(C)N=c2s/c(=C/c3cn(Cc4ccccc4)c4ccccc34)c(=O)n2[C@H]1c1ccc(F)cc1. The van der Waals surface area contributed by atoms with Crippen LogP contribution in [0.25, 0.3) is 17.0 Å². The number of nitrogens with zero attached hydrogens (tertiary/aromatic N) is 3. The van der Waals surface area contributed by atoms with Crippen LogP contribution in [-0.2, 0) is 16.1 Å². The van der Waals surface area contributed by atoms with Gasteiger partial charge in [-0.2, -0.15) is 0 Å². The van der Waals surface area contributed by atoms with E-state index in [-0.39, 0.29) is 17.7 Å². The third kappa shape index (κ3) is 4.60. The largest absolute Gasteiger partial charge is 0.463 e. The highest BCUT2D eigenvalue weighted by molar-refractivity contribution is 7.07. The van der Waals surface area contributed by atoms with Crippen LogP contribution < -0.4 is 14.9 Å². The van der Waals surface area contributed by atoms with E-state index in [0.717, 1.165) is 16.5 Å². The average Bonchev–Trinajstić information content (AvgIpc) is 3.45. The van der Waals surface area contributed by atoms with Gasteiger partial charge in [-0.25, -0.2) is 14.2 Å². The first-order chi connectivity index (χ1) is 19.4.